The van der Waals surface area contributed by atoms with E-state index in [1.54, 1.807) is 0 Å². The van der Waals surface area contributed by atoms with Crippen LogP contribution in [0.3, 0.4) is 0 Å². The summed E-state index contributed by atoms with van der Waals surface area (Å²) in [6.07, 6.45) is 4.97. The van der Waals surface area contributed by atoms with Gasteiger partial charge < -0.3 is 5.32 Å². The molecule has 1 aliphatic rings. The van der Waals surface area contributed by atoms with Crippen LogP contribution in [0.1, 0.15) is 41.8 Å². The molecule has 0 saturated heterocycles. The van der Waals surface area contributed by atoms with Crippen LogP contribution in [0.5, 0.6) is 0 Å². The average molecular weight is 453 g/mol. The van der Waals surface area contributed by atoms with Gasteiger partial charge in [-0.15, -0.1) is 11.3 Å². The Morgan fingerprint density at radius 2 is 1.83 bits per heavy atom. The molecule has 0 atom stereocenters. The van der Waals surface area contributed by atoms with Crippen molar-refractivity contribution >= 4 is 68.1 Å². The lowest BCUT2D eigenvalue weighted by atomic mass is 9.89. The zero-order valence-electron chi connectivity index (χ0n) is 15.5. The average Bonchev–Trinajstić information content (AvgIpc) is 3.08. The van der Waals surface area contributed by atoms with E-state index in [1.165, 1.54) is 11.3 Å². The number of halogens is 1. The standard InChI is InChI=1S/C19H21ClN4O3S2/c20-15-12-8-4-5-9-13(12)29-16(15)18(27)22-19(28)24-23-14(25)10-21-17(26)11-6-2-1-3-7-11/h4-5,8-9,11H,1-3,6-7,10H2,(H,21,26)(H,23,25)(H2,22,24,27,28). The van der Waals surface area contributed by atoms with E-state index in [-0.39, 0.29) is 23.5 Å². The van der Waals surface area contributed by atoms with E-state index in [2.05, 4.69) is 21.5 Å². The first-order valence-corrected chi connectivity index (χ1v) is 10.9. The lowest BCUT2D eigenvalue weighted by Gasteiger charge is -2.20. The van der Waals surface area contributed by atoms with Crippen molar-refractivity contribution in [3.63, 3.8) is 0 Å². The number of carbonyl (C=O) groups is 3. The summed E-state index contributed by atoms with van der Waals surface area (Å²) in [5, 5.41) is 6.19. The highest BCUT2D eigenvalue weighted by molar-refractivity contribution is 7.80. The van der Waals surface area contributed by atoms with Crippen molar-refractivity contribution in [1.82, 2.24) is 21.5 Å². The molecule has 0 spiro atoms. The molecule has 0 bridgehead atoms. The lowest BCUT2D eigenvalue weighted by molar-refractivity contribution is -0.129. The maximum atomic E-state index is 12.4. The van der Waals surface area contributed by atoms with E-state index >= 15 is 0 Å². The Balaban J connectivity index is 1.43. The number of carbonyl (C=O) groups excluding carboxylic acids is 3. The quantitative estimate of drug-likeness (QED) is 0.422. The number of hydrogen-bond donors (Lipinski definition) is 4. The smallest absolute Gasteiger partial charge is 0.269 e. The highest BCUT2D eigenvalue weighted by Gasteiger charge is 2.21. The molecule has 29 heavy (non-hydrogen) atoms. The molecule has 1 aromatic heterocycles. The van der Waals surface area contributed by atoms with Gasteiger partial charge in [0.2, 0.25) is 5.91 Å². The molecule has 2 aromatic rings. The van der Waals surface area contributed by atoms with Crippen molar-refractivity contribution in [2.75, 3.05) is 6.54 Å². The van der Waals surface area contributed by atoms with Crippen LogP contribution in [0, 0.1) is 5.92 Å². The summed E-state index contributed by atoms with van der Waals surface area (Å²) in [4.78, 5) is 36.7. The molecule has 10 heteroatoms. The van der Waals surface area contributed by atoms with Crippen LogP contribution < -0.4 is 21.5 Å². The molecule has 1 aliphatic carbocycles. The number of nitrogens with one attached hydrogen (secondary N) is 4. The summed E-state index contributed by atoms with van der Waals surface area (Å²) in [6, 6.07) is 7.42. The summed E-state index contributed by atoms with van der Waals surface area (Å²) in [6.45, 7) is -0.166. The van der Waals surface area contributed by atoms with Gasteiger partial charge >= 0.3 is 0 Å². The van der Waals surface area contributed by atoms with Crippen LogP contribution in [-0.4, -0.2) is 29.4 Å². The van der Waals surface area contributed by atoms with Crippen molar-refractivity contribution < 1.29 is 14.4 Å². The number of thiocarbonyl (C=S) groups is 1. The van der Waals surface area contributed by atoms with Crippen LogP contribution in [0.4, 0.5) is 0 Å². The fourth-order valence-corrected chi connectivity index (χ4v) is 4.75. The maximum absolute atomic E-state index is 12.4. The maximum Gasteiger partial charge on any atom is 0.269 e. The highest BCUT2D eigenvalue weighted by Crippen LogP contribution is 2.34. The molecule has 4 N–H and O–H groups in total. The number of benzene rings is 1. The van der Waals surface area contributed by atoms with E-state index in [0.29, 0.717) is 9.90 Å². The molecule has 0 unspecified atom stereocenters. The number of hydrogen-bond acceptors (Lipinski definition) is 5. The normalized spacial score (nSPS) is 14.2. The van der Waals surface area contributed by atoms with Gasteiger partial charge in [-0.05, 0) is 31.1 Å². The largest absolute Gasteiger partial charge is 0.347 e. The number of rotatable bonds is 4. The molecule has 3 rings (SSSR count). The van der Waals surface area contributed by atoms with Crippen LogP contribution in [0.2, 0.25) is 5.02 Å². The van der Waals surface area contributed by atoms with Crippen molar-refractivity contribution in [2.45, 2.75) is 32.1 Å². The summed E-state index contributed by atoms with van der Waals surface area (Å²) < 4.78 is 0.892. The van der Waals surface area contributed by atoms with Crippen molar-refractivity contribution in [1.29, 1.82) is 0 Å². The van der Waals surface area contributed by atoms with E-state index in [1.807, 2.05) is 24.3 Å². The van der Waals surface area contributed by atoms with Gasteiger partial charge in [0.05, 0.1) is 11.6 Å². The minimum absolute atomic E-state index is 0.0177. The minimum Gasteiger partial charge on any atom is -0.347 e. The number of hydrazine groups is 1. The van der Waals surface area contributed by atoms with Gasteiger partial charge in [-0.25, -0.2) is 0 Å². The monoisotopic (exact) mass is 452 g/mol. The number of thiophene rings is 1. The molecule has 1 saturated carbocycles. The Bertz CT molecular complexity index is 941. The topological polar surface area (TPSA) is 99.3 Å². The van der Waals surface area contributed by atoms with Crippen molar-refractivity contribution in [2.24, 2.45) is 5.92 Å². The van der Waals surface area contributed by atoms with Gasteiger partial charge in [-0.2, -0.15) is 0 Å². The van der Waals surface area contributed by atoms with E-state index in [4.69, 9.17) is 23.8 Å². The Labute approximate surface area is 182 Å². The predicted octanol–water partition coefficient (Wildman–Crippen LogP) is 2.89. The minimum atomic E-state index is -0.467. The second kappa shape index (κ2) is 10.00. The Morgan fingerprint density at radius 1 is 1.10 bits per heavy atom. The summed E-state index contributed by atoms with van der Waals surface area (Å²) in [5.41, 5.74) is 4.80. The predicted molar refractivity (Wildman–Crippen MR) is 118 cm³/mol. The van der Waals surface area contributed by atoms with Gasteiger partial charge in [0.25, 0.3) is 11.8 Å². The molecule has 0 radical (unpaired) electrons. The first kappa shape index (κ1) is 21.5. The summed E-state index contributed by atoms with van der Waals surface area (Å²) >= 11 is 12.6. The molecular weight excluding hydrogens is 432 g/mol. The zero-order chi connectivity index (χ0) is 20.8. The Hall–Kier alpha value is -2.23. The van der Waals surface area contributed by atoms with Gasteiger partial charge in [0.15, 0.2) is 5.11 Å². The summed E-state index contributed by atoms with van der Waals surface area (Å²) in [7, 11) is 0. The molecule has 154 valence electrons. The molecular formula is C19H21ClN4O3S2. The lowest BCUT2D eigenvalue weighted by Crippen LogP contribution is -2.51. The molecule has 7 nitrogen and oxygen atoms in total. The number of fused-ring (bicyclic) bond motifs is 1. The second-order valence-electron chi connectivity index (χ2n) is 6.75. The molecule has 1 aromatic carbocycles. The van der Waals surface area contributed by atoms with E-state index < -0.39 is 11.8 Å². The SMILES string of the molecule is O=C(CNC(=O)C1CCCCC1)NNC(=S)NC(=O)c1sc2ccccc2c1Cl. The van der Waals surface area contributed by atoms with Crippen molar-refractivity contribution in [3.8, 4) is 0 Å². The van der Waals surface area contributed by atoms with E-state index in [9.17, 15) is 14.4 Å². The molecule has 3 amide bonds. The molecule has 1 heterocycles. The van der Waals surface area contributed by atoms with Crippen LogP contribution in [0.25, 0.3) is 10.1 Å². The Kier molecular flexibility index (Phi) is 7.40. The fourth-order valence-electron chi connectivity index (χ4n) is 3.20. The van der Waals surface area contributed by atoms with Gasteiger partial charge in [0.1, 0.15) is 4.88 Å². The molecule has 0 aliphatic heterocycles. The van der Waals surface area contributed by atoms with E-state index in [0.717, 1.165) is 42.2 Å². The first-order chi connectivity index (χ1) is 14.0. The fraction of sp³-hybridized carbons (Fsp3) is 0.368. The van der Waals surface area contributed by atoms with Gasteiger partial charge in [-0.1, -0.05) is 49.1 Å². The summed E-state index contributed by atoms with van der Waals surface area (Å²) in [5.74, 6) is -1.05. The Morgan fingerprint density at radius 3 is 2.55 bits per heavy atom. The van der Waals surface area contributed by atoms with Crippen LogP contribution in [0.15, 0.2) is 24.3 Å². The zero-order valence-corrected chi connectivity index (χ0v) is 17.9. The van der Waals surface area contributed by atoms with Crippen molar-refractivity contribution in [3.05, 3.63) is 34.2 Å². The van der Waals surface area contributed by atoms with Gasteiger partial charge in [0, 0.05) is 16.0 Å². The van der Waals surface area contributed by atoms with Crippen LogP contribution in [-0.2, 0) is 9.59 Å². The van der Waals surface area contributed by atoms with Gasteiger partial charge in [-0.3, -0.25) is 30.6 Å². The second-order valence-corrected chi connectivity index (χ2v) is 8.59. The van der Waals surface area contributed by atoms with Crippen LogP contribution >= 0.6 is 35.2 Å². The number of amides is 3. The third-order valence-corrected chi connectivity index (χ3v) is 6.56. The third kappa shape index (κ3) is 5.65. The highest BCUT2D eigenvalue weighted by atomic mass is 35.5. The molecule has 1 fully saturated rings. The third-order valence-electron chi connectivity index (χ3n) is 4.68. The first-order valence-electron chi connectivity index (χ1n) is 9.30.